The average Bonchev–Trinajstić information content (AvgIpc) is 3.45. The number of hydrogen-bond acceptors (Lipinski definition) is 4. The van der Waals surface area contributed by atoms with E-state index in [2.05, 4.69) is 41.2 Å². The molecular weight excluding hydrogens is 364 g/mol. The lowest BCUT2D eigenvalue weighted by Crippen LogP contribution is -2.20. The van der Waals surface area contributed by atoms with Crippen molar-refractivity contribution in [2.45, 2.75) is 52.4 Å². The van der Waals surface area contributed by atoms with Crippen LogP contribution in [-0.2, 0) is 11.2 Å². The molecule has 0 spiro atoms. The molecule has 0 aromatic carbocycles. The highest BCUT2D eigenvalue weighted by Crippen LogP contribution is 2.30. The number of carbonyl (C=O) groups excluding carboxylic acids is 1. The van der Waals surface area contributed by atoms with Crippen molar-refractivity contribution < 1.29 is 9.21 Å². The summed E-state index contributed by atoms with van der Waals surface area (Å²) >= 11 is 0. The van der Waals surface area contributed by atoms with E-state index in [1.807, 2.05) is 12.1 Å². The molecule has 2 N–H and O–H groups in total. The van der Waals surface area contributed by atoms with E-state index in [0.29, 0.717) is 23.0 Å². The maximum absolute atomic E-state index is 12.4. The highest BCUT2D eigenvalue weighted by Gasteiger charge is 2.27. The van der Waals surface area contributed by atoms with Gasteiger partial charge in [-0.1, -0.05) is 13.8 Å². The molecule has 0 bridgehead atoms. The molecule has 6 nitrogen and oxygen atoms in total. The van der Waals surface area contributed by atoms with E-state index < -0.39 is 0 Å². The minimum atomic E-state index is -0.200. The maximum Gasteiger partial charge on any atom is 0.273 e. The van der Waals surface area contributed by atoms with Gasteiger partial charge in [0.1, 0.15) is 5.71 Å². The third kappa shape index (κ3) is 4.08. The molecule has 2 aromatic heterocycles. The Morgan fingerprint density at radius 2 is 2.10 bits per heavy atom. The van der Waals surface area contributed by atoms with Crippen molar-refractivity contribution in [2.75, 3.05) is 19.6 Å². The van der Waals surface area contributed by atoms with Crippen LogP contribution in [0.4, 0.5) is 0 Å². The number of H-pyrrole nitrogens is 1. The number of nitrogens with zero attached hydrogens (tertiary/aromatic N) is 2. The number of hydrogen-bond donors (Lipinski definition) is 2. The second kappa shape index (κ2) is 8.41. The van der Waals surface area contributed by atoms with Crippen LogP contribution in [0.3, 0.4) is 0 Å². The van der Waals surface area contributed by atoms with Crippen LogP contribution < -0.4 is 5.43 Å². The molecule has 0 unspecified atom stereocenters. The molecule has 6 heteroatoms. The fraction of sp³-hybridized carbons (Fsp3) is 0.478. The second-order valence-corrected chi connectivity index (χ2v) is 8.30. The Balaban J connectivity index is 1.60. The number of rotatable bonds is 7. The van der Waals surface area contributed by atoms with E-state index in [4.69, 9.17) is 4.42 Å². The number of hydrazone groups is 1. The van der Waals surface area contributed by atoms with Crippen molar-refractivity contribution in [3.8, 4) is 0 Å². The SMILES string of the molecule is Cc1[nH]c(/C=C2/C(=O)NN=C2c2ccco2)c(C(C)C)c1CCCN1CCCC1. The van der Waals surface area contributed by atoms with Crippen LogP contribution in [0, 0.1) is 6.92 Å². The Morgan fingerprint density at radius 3 is 2.79 bits per heavy atom. The Labute approximate surface area is 172 Å². The lowest BCUT2D eigenvalue weighted by molar-refractivity contribution is -0.116. The summed E-state index contributed by atoms with van der Waals surface area (Å²) in [7, 11) is 0. The van der Waals surface area contributed by atoms with Gasteiger partial charge in [-0.05, 0) is 87.5 Å². The van der Waals surface area contributed by atoms with Gasteiger partial charge in [0.05, 0.1) is 11.8 Å². The summed E-state index contributed by atoms with van der Waals surface area (Å²) in [6.07, 6.45) is 8.40. The van der Waals surface area contributed by atoms with Gasteiger partial charge in [-0.3, -0.25) is 4.79 Å². The number of likely N-dealkylation sites (tertiary alicyclic amines) is 1. The molecule has 154 valence electrons. The number of furan rings is 1. The van der Waals surface area contributed by atoms with Crippen LogP contribution in [-0.4, -0.2) is 41.1 Å². The minimum Gasteiger partial charge on any atom is -0.463 e. The second-order valence-electron chi connectivity index (χ2n) is 8.30. The molecule has 0 saturated carbocycles. The van der Waals surface area contributed by atoms with Crippen molar-refractivity contribution in [3.63, 3.8) is 0 Å². The van der Waals surface area contributed by atoms with Gasteiger partial charge in [-0.15, -0.1) is 0 Å². The quantitative estimate of drug-likeness (QED) is 0.698. The van der Waals surface area contributed by atoms with Gasteiger partial charge in [0.2, 0.25) is 0 Å². The van der Waals surface area contributed by atoms with Crippen molar-refractivity contribution in [3.05, 3.63) is 52.2 Å². The predicted octanol–water partition coefficient (Wildman–Crippen LogP) is 3.99. The zero-order chi connectivity index (χ0) is 20.4. The topological polar surface area (TPSA) is 73.6 Å². The van der Waals surface area contributed by atoms with Crippen molar-refractivity contribution in [2.24, 2.45) is 5.10 Å². The molecular formula is C23H30N4O2. The fourth-order valence-corrected chi connectivity index (χ4v) is 4.50. The van der Waals surface area contributed by atoms with Crippen molar-refractivity contribution in [1.82, 2.24) is 15.3 Å². The van der Waals surface area contributed by atoms with E-state index in [1.54, 1.807) is 12.3 Å². The number of aromatic amines is 1. The van der Waals surface area contributed by atoms with Crippen LogP contribution in [0.2, 0.25) is 0 Å². The van der Waals surface area contributed by atoms with Gasteiger partial charge in [0.15, 0.2) is 5.76 Å². The maximum atomic E-state index is 12.4. The normalized spacial score (nSPS) is 18.8. The molecule has 2 aromatic rings. The summed E-state index contributed by atoms with van der Waals surface area (Å²) in [5.41, 5.74) is 8.53. The van der Waals surface area contributed by atoms with E-state index in [1.165, 1.54) is 42.8 Å². The van der Waals surface area contributed by atoms with Crippen molar-refractivity contribution in [1.29, 1.82) is 0 Å². The van der Waals surface area contributed by atoms with Gasteiger partial charge in [0.25, 0.3) is 5.91 Å². The summed E-state index contributed by atoms with van der Waals surface area (Å²) < 4.78 is 5.46. The summed E-state index contributed by atoms with van der Waals surface area (Å²) in [6.45, 7) is 10.2. The zero-order valence-electron chi connectivity index (χ0n) is 17.5. The zero-order valence-corrected chi connectivity index (χ0v) is 17.5. The van der Waals surface area contributed by atoms with Gasteiger partial charge < -0.3 is 14.3 Å². The monoisotopic (exact) mass is 394 g/mol. The molecule has 4 rings (SSSR count). The summed E-state index contributed by atoms with van der Waals surface area (Å²) in [5, 5.41) is 4.17. The fourth-order valence-electron chi connectivity index (χ4n) is 4.50. The van der Waals surface area contributed by atoms with Crippen LogP contribution in [0.5, 0.6) is 0 Å². The number of nitrogens with one attached hydrogen (secondary N) is 2. The standard InChI is InChI=1S/C23H30N4O2/c1-15(2)21-17(8-6-12-27-10-4-5-11-27)16(3)24-19(21)14-18-22(25-26-23(18)28)20-9-7-13-29-20/h7,9,13-15,24H,4-6,8,10-12H2,1-3H3,(H,26,28)/b18-14+. The third-order valence-electron chi connectivity index (χ3n) is 5.88. The smallest absolute Gasteiger partial charge is 0.273 e. The van der Waals surface area contributed by atoms with Crippen LogP contribution in [0.1, 0.15) is 67.3 Å². The Hall–Kier alpha value is -2.60. The first-order chi connectivity index (χ1) is 14.0. The number of aryl methyl sites for hydroxylation is 1. The van der Waals surface area contributed by atoms with Gasteiger partial charge >= 0.3 is 0 Å². The number of carbonyl (C=O) groups is 1. The molecule has 0 aliphatic carbocycles. The van der Waals surface area contributed by atoms with E-state index in [-0.39, 0.29) is 5.91 Å². The number of amides is 1. The molecule has 0 atom stereocenters. The highest BCUT2D eigenvalue weighted by molar-refractivity contribution is 6.32. The predicted molar refractivity (Wildman–Crippen MR) is 115 cm³/mol. The molecule has 2 aliphatic heterocycles. The van der Waals surface area contributed by atoms with Gasteiger partial charge in [0, 0.05) is 11.4 Å². The lowest BCUT2D eigenvalue weighted by atomic mass is 9.93. The van der Waals surface area contributed by atoms with Crippen molar-refractivity contribution >= 4 is 17.7 Å². The largest absolute Gasteiger partial charge is 0.463 e. The van der Waals surface area contributed by atoms with Crippen LogP contribution in [0.15, 0.2) is 33.5 Å². The molecule has 4 heterocycles. The lowest BCUT2D eigenvalue weighted by Gasteiger charge is -2.15. The first-order valence-electron chi connectivity index (χ1n) is 10.6. The molecule has 29 heavy (non-hydrogen) atoms. The molecule has 2 aliphatic rings. The third-order valence-corrected chi connectivity index (χ3v) is 5.88. The van der Waals surface area contributed by atoms with E-state index >= 15 is 0 Å². The number of aromatic nitrogens is 1. The van der Waals surface area contributed by atoms with E-state index in [0.717, 1.165) is 25.1 Å². The molecule has 1 amide bonds. The summed E-state index contributed by atoms with van der Waals surface area (Å²) in [6, 6.07) is 3.62. The van der Waals surface area contributed by atoms with Crippen LogP contribution in [0.25, 0.3) is 6.08 Å². The molecule has 1 fully saturated rings. The van der Waals surface area contributed by atoms with Gasteiger partial charge in [-0.2, -0.15) is 5.10 Å². The molecule has 1 saturated heterocycles. The molecule has 0 radical (unpaired) electrons. The van der Waals surface area contributed by atoms with E-state index in [9.17, 15) is 4.79 Å². The summed E-state index contributed by atoms with van der Waals surface area (Å²) in [4.78, 5) is 18.5. The first-order valence-corrected chi connectivity index (χ1v) is 10.6. The minimum absolute atomic E-state index is 0.200. The van der Waals surface area contributed by atoms with Gasteiger partial charge in [-0.25, -0.2) is 5.43 Å². The Morgan fingerprint density at radius 1 is 1.31 bits per heavy atom. The first kappa shape index (κ1) is 19.7. The summed E-state index contributed by atoms with van der Waals surface area (Å²) in [5.74, 6) is 0.755. The van der Waals surface area contributed by atoms with Crippen LogP contribution >= 0.6 is 0 Å². The average molecular weight is 395 g/mol. The highest BCUT2D eigenvalue weighted by atomic mass is 16.3. The Bertz CT molecular complexity index is 928. The Kier molecular flexibility index (Phi) is 5.72.